The van der Waals surface area contributed by atoms with Gasteiger partial charge in [-0.2, -0.15) is 0 Å². The zero-order valence-corrected chi connectivity index (χ0v) is 6.98. The van der Waals surface area contributed by atoms with Crippen LogP contribution in [0, 0.1) is 18.3 Å². The molecule has 0 unspecified atom stereocenters. The molecule has 0 aromatic heterocycles. The summed E-state index contributed by atoms with van der Waals surface area (Å²) >= 11 is 0. The molecule has 0 aliphatic rings. The molecule has 0 atom stereocenters. The minimum Gasteiger partial charge on any atom is -0.316 e. The van der Waals surface area contributed by atoms with Crippen LogP contribution in [0.5, 0.6) is 0 Å². The topological polar surface area (TPSA) is 12.0 Å². The average Bonchev–Trinajstić information content (AvgIpc) is 1.87. The Morgan fingerprint density at radius 1 is 1.40 bits per heavy atom. The number of hydrogen-bond donors (Lipinski definition) is 1. The predicted molar refractivity (Wildman–Crippen MR) is 45.8 cm³/mol. The van der Waals surface area contributed by atoms with Gasteiger partial charge in [0, 0.05) is 13.0 Å². The Kier molecular flexibility index (Phi) is 6.32. The van der Waals surface area contributed by atoms with Crippen LogP contribution >= 0.6 is 0 Å². The van der Waals surface area contributed by atoms with Gasteiger partial charge < -0.3 is 5.32 Å². The fourth-order valence-corrected chi connectivity index (χ4v) is 0.676. The average molecular weight is 139 g/mol. The molecule has 10 heavy (non-hydrogen) atoms. The quantitative estimate of drug-likeness (QED) is 0.451. The molecule has 0 saturated heterocycles. The van der Waals surface area contributed by atoms with Crippen molar-refractivity contribution in [2.45, 2.75) is 26.7 Å². The molecule has 0 spiro atoms. The first kappa shape index (κ1) is 9.52. The Morgan fingerprint density at radius 2 is 2.10 bits per heavy atom. The van der Waals surface area contributed by atoms with Crippen LogP contribution in [-0.4, -0.2) is 13.1 Å². The second-order valence-corrected chi connectivity index (χ2v) is 2.89. The molecular weight excluding hydrogens is 122 g/mol. The highest BCUT2D eigenvalue weighted by molar-refractivity contribution is 4.83. The third-order valence-electron chi connectivity index (χ3n) is 1.34. The van der Waals surface area contributed by atoms with E-state index < -0.39 is 0 Å². The number of nitrogens with one attached hydrogen (secondary N) is 1. The maximum atomic E-state index is 5.08. The minimum atomic E-state index is 0.790. The van der Waals surface area contributed by atoms with E-state index in [1.54, 1.807) is 0 Å². The highest BCUT2D eigenvalue weighted by atomic mass is 14.8. The number of hydrogen-bond acceptors (Lipinski definition) is 1. The highest BCUT2D eigenvalue weighted by Crippen LogP contribution is 1.95. The van der Waals surface area contributed by atoms with E-state index in [9.17, 15) is 0 Å². The van der Waals surface area contributed by atoms with Gasteiger partial charge >= 0.3 is 0 Å². The first-order valence-corrected chi connectivity index (χ1v) is 3.91. The molecule has 0 bridgehead atoms. The van der Waals surface area contributed by atoms with E-state index in [0.717, 1.165) is 25.4 Å². The molecule has 0 radical (unpaired) electrons. The van der Waals surface area contributed by atoms with Gasteiger partial charge in [0.1, 0.15) is 0 Å². The van der Waals surface area contributed by atoms with Crippen molar-refractivity contribution < 1.29 is 0 Å². The Morgan fingerprint density at radius 3 is 2.60 bits per heavy atom. The van der Waals surface area contributed by atoms with Gasteiger partial charge in [-0.05, 0) is 18.9 Å². The van der Waals surface area contributed by atoms with Crippen molar-refractivity contribution >= 4 is 0 Å². The molecule has 0 aliphatic carbocycles. The van der Waals surface area contributed by atoms with Crippen molar-refractivity contribution in [2.75, 3.05) is 13.1 Å². The first-order valence-electron chi connectivity index (χ1n) is 3.91. The first-order chi connectivity index (χ1) is 4.77. The van der Waals surface area contributed by atoms with Crippen molar-refractivity contribution in [1.29, 1.82) is 0 Å². The van der Waals surface area contributed by atoms with Crippen molar-refractivity contribution in [3.8, 4) is 12.3 Å². The summed E-state index contributed by atoms with van der Waals surface area (Å²) in [7, 11) is 0. The zero-order chi connectivity index (χ0) is 7.82. The second-order valence-electron chi connectivity index (χ2n) is 2.89. The third kappa shape index (κ3) is 7.52. The molecule has 0 saturated carbocycles. The Labute approximate surface area is 64.2 Å². The van der Waals surface area contributed by atoms with E-state index in [1.807, 2.05) is 0 Å². The number of rotatable bonds is 5. The van der Waals surface area contributed by atoms with Crippen LogP contribution in [0.15, 0.2) is 0 Å². The summed E-state index contributed by atoms with van der Waals surface area (Å²) in [5.41, 5.74) is 0. The molecule has 0 amide bonds. The van der Waals surface area contributed by atoms with Crippen molar-refractivity contribution in [3.05, 3.63) is 0 Å². The molecular formula is C9H17N. The Bertz CT molecular complexity index is 99.8. The van der Waals surface area contributed by atoms with Crippen LogP contribution in [0.1, 0.15) is 26.7 Å². The maximum absolute atomic E-state index is 5.08. The third-order valence-corrected chi connectivity index (χ3v) is 1.34. The summed E-state index contributed by atoms with van der Waals surface area (Å²) in [5.74, 6) is 3.38. The molecule has 58 valence electrons. The van der Waals surface area contributed by atoms with E-state index in [0.29, 0.717) is 0 Å². The molecule has 0 fully saturated rings. The zero-order valence-electron chi connectivity index (χ0n) is 6.98. The van der Waals surface area contributed by atoms with Crippen LogP contribution in [0.2, 0.25) is 0 Å². The molecule has 0 aromatic carbocycles. The lowest BCUT2D eigenvalue weighted by molar-refractivity contribution is 0.542. The standard InChI is InChI=1S/C9H17N/c1-4-5-7-10-8-6-9(2)3/h1,9-10H,5-8H2,2-3H3. The predicted octanol–water partition coefficient (Wildman–Crippen LogP) is 1.65. The molecule has 1 N–H and O–H groups in total. The summed E-state index contributed by atoms with van der Waals surface area (Å²) in [5, 5.41) is 3.28. The van der Waals surface area contributed by atoms with Gasteiger partial charge in [-0.25, -0.2) is 0 Å². The monoisotopic (exact) mass is 139 g/mol. The van der Waals surface area contributed by atoms with E-state index in [1.165, 1.54) is 6.42 Å². The lowest BCUT2D eigenvalue weighted by Gasteiger charge is -2.04. The molecule has 0 aromatic rings. The van der Waals surface area contributed by atoms with Gasteiger partial charge in [0.2, 0.25) is 0 Å². The fourth-order valence-electron chi connectivity index (χ4n) is 0.676. The largest absolute Gasteiger partial charge is 0.316 e. The lowest BCUT2D eigenvalue weighted by Crippen LogP contribution is -2.17. The van der Waals surface area contributed by atoms with Gasteiger partial charge in [0.15, 0.2) is 0 Å². The van der Waals surface area contributed by atoms with Gasteiger partial charge in [-0.3, -0.25) is 0 Å². The fraction of sp³-hybridized carbons (Fsp3) is 0.778. The normalized spacial score (nSPS) is 9.80. The molecule has 0 aliphatic heterocycles. The Balaban J connectivity index is 2.86. The summed E-state index contributed by atoms with van der Waals surface area (Å²) in [6.07, 6.45) is 7.17. The summed E-state index contributed by atoms with van der Waals surface area (Å²) in [6, 6.07) is 0. The van der Waals surface area contributed by atoms with Crippen LogP contribution in [0.3, 0.4) is 0 Å². The molecule has 1 nitrogen and oxygen atoms in total. The van der Waals surface area contributed by atoms with E-state index >= 15 is 0 Å². The van der Waals surface area contributed by atoms with E-state index in [4.69, 9.17) is 6.42 Å². The summed E-state index contributed by atoms with van der Waals surface area (Å²) < 4.78 is 0. The molecule has 0 rings (SSSR count). The Hall–Kier alpha value is -0.480. The molecule has 1 heteroatoms. The van der Waals surface area contributed by atoms with Crippen LogP contribution < -0.4 is 5.32 Å². The maximum Gasteiger partial charge on any atom is 0.0211 e. The SMILES string of the molecule is C#CCCNCCC(C)C. The van der Waals surface area contributed by atoms with E-state index in [2.05, 4.69) is 25.1 Å². The van der Waals surface area contributed by atoms with Gasteiger partial charge in [0.25, 0.3) is 0 Å². The minimum absolute atomic E-state index is 0.790. The van der Waals surface area contributed by atoms with Gasteiger partial charge in [-0.1, -0.05) is 13.8 Å². The smallest absolute Gasteiger partial charge is 0.0211 e. The van der Waals surface area contributed by atoms with Crippen molar-refractivity contribution in [1.82, 2.24) is 5.32 Å². The summed E-state index contributed by atoms with van der Waals surface area (Å²) in [4.78, 5) is 0. The molecule has 0 heterocycles. The summed E-state index contributed by atoms with van der Waals surface area (Å²) in [6.45, 7) is 6.51. The van der Waals surface area contributed by atoms with Gasteiger partial charge in [-0.15, -0.1) is 12.3 Å². The lowest BCUT2D eigenvalue weighted by atomic mass is 10.1. The van der Waals surface area contributed by atoms with Crippen molar-refractivity contribution in [2.24, 2.45) is 5.92 Å². The van der Waals surface area contributed by atoms with Crippen LogP contribution in [-0.2, 0) is 0 Å². The van der Waals surface area contributed by atoms with E-state index in [-0.39, 0.29) is 0 Å². The van der Waals surface area contributed by atoms with Crippen molar-refractivity contribution in [3.63, 3.8) is 0 Å². The van der Waals surface area contributed by atoms with Crippen LogP contribution in [0.25, 0.3) is 0 Å². The van der Waals surface area contributed by atoms with Gasteiger partial charge in [0.05, 0.1) is 0 Å². The van der Waals surface area contributed by atoms with Crippen LogP contribution in [0.4, 0.5) is 0 Å². The highest BCUT2D eigenvalue weighted by Gasteiger charge is 1.91. The number of terminal acetylenes is 1. The second kappa shape index (κ2) is 6.64.